The number of ether oxygens (including phenoxy) is 4. The van der Waals surface area contributed by atoms with E-state index in [0.29, 0.717) is 74.4 Å². The molecule has 88 heavy (non-hydrogen) atoms. The minimum absolute atomic E-state index is 0.0969. The molecule has 22 nitrogen and oxygen atoms in total. The fourth-order valence-corrected chi connectivity index (χ4v) is 14.5. The van der Waals surface area contributed by atoms with Gasteiger partial charge in [0.25, 0.3) is 11.8 Å². The average molecular weight is 1230 g/mol. The number of imide groups is 2. The third-order valence-corrected chi connectivity index (χ3v) is 19.4. The Hall–Kier alpha value is -6.18. The van der Waals surface area contributed by atoms with Crippen molar-refractivity contribution in [2.75, 3.05) is 52.4 Å². The van der Waals surface area contributed by atoms with Gasteiger partial charge in [-0.3, -0.25) is 59.0 Å². The lowest BCUT2D eigenvalue weighted by atomic mass is 9.82. The number of aliphatic hydroxyl groups is 2. The number of nitrogens with one attached hydrogen (secondary N) is 2. The Morgan fingerprint density at radius 1 is 0.511 bits per heavy atom. The number of benzene rings is 2. The van der Waals surface area contributed by atoms with E-state index in [-0.39, 0.29) is 91.8 Å². The van der Waals surface area contributed by atoms with Crippen molar-refractivity contribution < 1.29 is 76.3 Å². The molecule has 0 spiro atoms. The van der Waals surface area contributed by atoms with Crippen LogP contribution in [0, 0.1) is 0 Å². The zero-order valence-corrected chi connectivity index (χ0v) is 51.3. The first kappa shape index (κ1) is 63.4. The molecule has 2 aromatic carbocycles. The summed E-state index contributed by atoms with van der Waals surface area (Å²) in [7, 11) is 0. The molecular weight excluding hydrogens is 1140 g/mol. The number of likely N-dealkylation sites (tertiary alicyclic amines) is 4. The van der Waals surface area contributed by atoms with Crippen molar-refractivity contribution >= 4 is 47.6 Å². The maximum absolute atomic E-state index is 15.6. The van der Waals surface area contributed by atoms with E-state index in [9.17, 15) is 48.6 Å². The van der Waals surface area contributed by atoms with Crippen LogP contribution in [0.3, 0.4) is 0 Å². The summed E-state index contributed by atoms with van der Waals surface area (Å²) in [6, 6.07) is 8.88. The summed E-state index contributed by atoms with van der Waals surface area (Å²) >= 11 is 0. The van der Waals surface area contributed by atoms with E-state index in [1.54, 1.807) is 46.2 Å². The number of fused-ring (bicyclic) bond motifs is 2. The molecule has 2 aromatic rings. The molecule has 24 heteroatoms. The van der Waals surface area contributed by atoms with Crippen LogP contribution in [0.2, 0.25) is 0 Å². The summed E-state index contributed by atoms with van der Waals surface area (Å²) < 4.78 is 54.8. The van der Waals surface area contributed by atoms with Gasteiger partial charge < -0.3 is 39.0 Å². The van der Waals surface area contributed by atoms with Crippen LogP contribution in [0.25, 0.3) is 0 Å². The number of aliphatic hydroxyl groups excluding tert-OH is 2. The quantitative estimate of drug-likeness (QED) is 0.198. The molecule has 8 heterocycles. The Morgan fingerprint density at radius 2 is 0.920 bits per heavy atom. The molecule has 0 bridgehead atoms. The second kappa shape index (κ2) is 25.6. The molecule has 0 radical (unpaired) electrons. The third kappa shape index (κ3) is 13.8. The van der Waals surface area contributed by atoms with Gasteiger partial charge in [-0.05, 0) is 155 Å². The van der Waals surface area contributed by atoms with E-state index in [4.69, 9.17) is 18.9 Å². The molecule has 10 aliphatic rings. The Morgan fingerprint density at radius 3 is 1.34 bits per heavy atom. The third-order valence-electron chi connectivity index (χ3n) is 19.4. The summed E-state index contributed by atoms with van der Waals surface area (Å²) in [6.07, 6.45) is 3.49. The van der Waals surface area contributed by atoms with Gasteiger partial charge in [-0.15, -0.1) is 0 Å². The van der Waals surface area contributed by atoms with Crippen LogP contribution in [0.1, 0.15) is 199 Å². The van der Waals surface area contributed by atoms with Gasteiger partial charge in [0.05, 0.1) is 24.4 Å². The normalized spacial score (nSPS) is 31.9. The topological polar surface area (TPSA) is 257 Å². The molecule has 480 valence electrons. The number of halogens is 2. The Bertz CT molecular complexity index is 2970. The van der Waals surface area contributed by atoms with Gasteiger partial charge in [-0.2, -0.15) is 0 Å². The van der Waals surface area contributed by atoms with Gasteiger partial charge in [-0.25, -0.2) is 18.4 Å². The molecule has 4 N–H and O–H groups in total. The molecular formula is C64H86F2N8O14. The van der Waals surface area contributed by atoms with E-state index in [1.807, 2.05) is 41.5 Å². The predicted molar refractivity (Wildman–Crippen MR) is 313 cm³/mol. The molecule has 8 atom stereocenters. The lowest BCUT2D eigenvalue weighted by Crippen LogP contribution is -2.54. The summed E-state index contributed by atoms with van der Waals surface area (Å²) in [5.41, 5.74) is 1.79. The SMILES string of the molecule is CC(C)(C)OC(=O)N1CCC(OC2CC(N3CCC(c4ccc5c(c4)C(=O)N(C4CCC(=O)NC4=O)C5O)C(F)C3)C2)CC1.CC(C)(C)OC(=O)N1CCC(OC2CC(N3CCC(c4ccc5c(c4)C(O)N(C4CCC(=O)NC4=O)C5=O)C(F)C3)C2)CC1. The van der Waals surface area contributed by atoms with Crippen molar-refractivity contribution in [3.05, 3.63) is 69.8 Å². The van der Waals surface area contributed by atoms with Gasteiger partial charge in [0.15, 0.2) is 12.5 Å². The number of rotatable bonds is 10. The first-order valence-electron chi connectivity index (χ1n) is 31.7. The summed E-state index contributed by atoms with van der Waals surface area (Å²) in [5.74, 6) is -3.64. The lowest BCUT2D eigenvalue weighted by Gasteiger charge is -2.47. The van der Waals surface area contributed by atoms with Crippen molar-refractivity contribution in [1.29, 1.82) is 0 Å². The smallest absolute Gasteiger partial charge is 0.410 e. The number of alkyl halides is 2. The molecule has 8 fully saturated rings. The van der Waals surface area contributed by atoms with E-state index in [0.717, 1.165) is 79.8 Å². The van der Waals surface area contributed by atoms with Crippen molar-refractivity contribution in [3.8, 4) is 0 Å². The molecule has 12 rings (SSSR count). The number of nitrogens with zero attached hydrogens (tertiary/aromatic N) is 6. The van der Waals surface area contributed by atoms with Crippen molar-refractivity contribution in [2.24, 2.45) is 0 Å². The highest BCUT2D eigenvalue weighted by atomic mass is 19.1. The van der Waals surface area contributed by atoms with Gasteiger partial charge in [-0.1, -0.05) is 24.3 Å². The molecule has 8 amide bonds. The molecule has 6 saturated heterocycles. The number of carbonyl (C=O) groups excluding carboxylic acids is 8. The molecule has 8 unspecified atom stereocenters. The van der Waals surface area contributed by atoms with Crippen LogP contribution in [-0.2, 0) is 38.1 Å². The van der Waals surface area contributed by atoms with Gasteiger partial charge in [0.1, 0.15) is 35.6 Å². The van der Waals surface area contributed by atoms with Crippen molar-refractivity contribution in [1.82, 2.24) is 40.0 Å². The van der Waals surface area contributed by atoms with Crippen LogP contribution < -0.4 is 10.6 Å². The molecule has 2 aliphatic carbocycles. The highest BCUT2D eigenvalue weighted by Gasteiger charge is 2.49. The van der Waals surface area contributed by atoms with E-state index < -0.39 is 83.5 Å². The molecule has 2 saturated carbocycles. The Balaban J connectivity index is 0.000000182. The monoisotopic (exact) mass is 1230 g/mol. The largest absolute Gasteiger partial charge is 0.444 e. The van der Waals surface area contributed by atoms with Crippen molar-refractivity contribution in [2.45, 2.75) is 228 Å². The standard InChI is InChI=1S/2C32H43FN4O7/c2*1-32(2,3)44-31(42)35-11-8-20(9-12-35)43-21-15-19(16-21)36-13-10-22(25(33)17-36)18-4-5-23-24(14-18)30(41)37(29(23)40)26-6-7-27(38)34-28(26)39/h4-5,14,19-22,25-26,30,41H,6-13,15-17H2,1-3H3,(H,34,38,39);4-5,14,19-22,25-26,29,40H,6-13,15-17H2,1-3H3,(H,34,38,39). The van der Waals surface area contributed by atoms with E-state index in [1.165, 1.54) is 0 Å². The van der Waals surface area contributed by atoms with Gasteiger partial charge in [0, 0.05) is 98.3 Å². The van der Waals surface area contributed by atoms with Crippen LogP contribution in [-0.4, -0.2) is 212 Å². The second-order valence-electron chi connectivity index (χ2n) is 27.7. The zero-order chi connectivity index (χ0) is 62.7. The van der Waals surface area contributed by atoms with Crippen LogP contribution in [0.15, 0.2) is 36.4 Å². The van der Waals surface area contributed by atoms with E-state index >= 15 is 8.78 Å². The number of hydrogen-bond donors (Lipinski definition) is 4. The summed E-state index contributed by atoms with van der Waals surface area (Å²) in [4.78, 5) is 109. The van der Waals surface area contributed by atoms with Crippen molar-refractivity contribution in [3.63, 3.8) is 0 Å². The van der Waals surface area contributed by atoms with Gasteiger partial charge in [0.2, 0.25) is 23.6 Å². The van der Waals surface area contributed by atoms with Gasteiger partial charge >= 0.3 is 12.2 Å². The lowest BCUT2D eigenvalue weighted by molar-refractivity contribution is -0.140. The van der Waals surface area contributed by atoms with E-state index in [2.05, 4.69) is 20.4 Å². The predicted octanol–water partition coefficient (Wildman–Crippen LogP) is 6.03. The Kier molecular flexibility index (Phi) is 18.4. The maximum Gasteiger partial charge on any atom is 0.410 e. The first-order valence-corrected chi connectivity index (χ1v) is 31.7. The zero-order valence-electron chi connectivity index (χ0n) is 51.3. The fourth-order valence-electron chi connectivity index (χ4n) is 14.5. The van der Waals surface area contributed by atoms with Crippen LogP contribution >= 0.6 is 0 Å². The summed E-state index contributed by atoms with van der Waals surface area (Å²) in [6.45, 7) is 15.8. The first-order chi connectivity index (χ1) is 41.7. The molecule has 0 aromatic heterocycles. The molecule has 8 aliphatic heterocycles. The second-order valence-corrected chi connectivity index (χ2v) is 27.7. The average Bonchev–Trinajstić information content (AvgIpc) is 2.26. The number of hydrogen-bond acceptors (Lipinski definition) is 16. The number of piperidine rings is 6. The highest BCUT2D eigenvalue weighted by molar-refractivity contribution is 6.07. The number of amides is 8. The fraction of sp³-hybridized carbons (Fsp3) is 0.688. The number of carbonyl (C=O) groups is 8. The van der Waals surface area contributed by atoms with Crippen LogP contribution in [0.5, 0.6) is 0 Å². The Labute approximate surface area is 512 Å². The minimum atomic E-state index is -1.32. The van der Waals surface area contributed by atoms with Crippen LogP contribution in [0.4, 0.5) is 18.4 Å². The minimum Gasteiger partial charge on any atom is -0.444 e. The maximum atomic E-state index is 15.6. The highest BCUT2D eigenvalue weighted by Crippen LogP contribution is 2.44. The summed E-state index contributed by atoms with van der Waals surface area (Å²) in [5, 5.41) is 26.3.